The Kier molecular flexibility index (Phi) is 5.30. The van der Waals surface area contributed by atoms with Crippen LogP contribution < -0.4 is 15.4 Å². The van der Waals surface area contributed by atoms with Crippen LogP contribution in [0.1, 0.15) is 25.7 Å². The van der Waals surface area contributed by atoms with Gasteiger partial charge in [-0.2, -0.15) is 0 Å². The largest absolute Gasteiger partial charge is 0.460 e. The van der Waals surface area contributed by atoms with Gasteiger partial charge in [-0.1, -0.05) is 11.6 Å². The van der Waals surface area contributed by atoms with Crippen molar-refractivity contribution in [3.63, 3.8) is 0 Å². The molecule has 1 saturated carbocycles. The van der Waals surface area contributed by atoms with Crippen molar-refractivity contribution in [2.24, 2.45) is 0 Å². The number of rotatable bonds is 4. The maximum atomic E-state index is 11.9. The van der Waals surface area contributed by atoms with Crippen LogP contribution in [0.5, 0.6) is 6.01 Å². The maximum absolute atomic E-state index is 11.9. The molecule has 122 valence electrons. The number of hydrogen-bond donors (Lipinski definition) is 2. The van der Waals surface area contributed by atoms with Crippen LogP contribution >= 0.6 is 22.9 Å². The van der Waals surface area contributed by atoms with E-state index in [1.807, 2.05) is 17.5 Å². The zero-order chi connectivity index (χ0) is 16.1. The first-order valence-electron chi connectivity index (χ1n) is 7.44. The van der Waals surface area contributed by atoms with Gasteiger partial charge in [0.1, 0.15) is 6.10 Å². The van der Waals surface area contributed by atoms with E-state index < -0.39 is 0 Å². The lowest BCUT2D eigenvalue weighted by molar-refractivity contribution is 0.129. The fourth-order valence-electron chi connectivity index (χ4n) is 2.52. The van der Waals surface area contributed by atoms with Crippen LogP contribution in [0.15, 0.2) is 29.9 Å². The van der Waals surface area contributed by atoms with Crippen molar-refractivity contribution in [3.05, 3.63) is 34.9 Å². The highest BCUT2D eigenvalue weighted by Crippen LogP contribution is 2.23. The Labute approximate surface area is 143 Å². The van der Waals surface area contributed by atoms with Gasteiger partial charge in [-0.15, -0.1) is 11.3 Å². The molecule has 2 aromatic heterocycles. The summed E-state index contributed by atoms with van der Waals surface area (Å²) in [7, 11) is 0. The second-order valence-electron chi connectivity index (χ2n) is 5.35. The van der Waals surface area contributed by atoms with E-state index in [9.17, 15) is 4.79 Å². The van der Waals surface area contributed by atoms with E-state index in [1.54, 1.807) is 0 Å². The lowest BCUT2D eigenvalue weighted by atomic mass is 9.93. The molecule has 2 N–H and O–H groups in total. The minimum Gasteiger partial charge on any atom is -0.460 e. The fraction of sp³-hybridized carbons (Fsp3) is 0.400. The van der Waals surface area contributed by atoms with Gasteiger partial charge in [0.15, 0.2) is 0 Å². The SMILES string of the molecule is O=C(Nc1cccs1)NC1CCC(Oc2ncc(Cl)cn2)CC1. The number of thiophene rings is 1. The smallest absolute Gasteiger partial charge is 0.320 e. The van der Waals surface area contributed by atoms with Crippen molar-refractivity contribution in [2.75, 3.05) is 5.32 Å². The number of halogens is 1. The Bertz CT molecular complexity index is 627. The van der Waals surface area contributed by atoms with Crippen molar-refractivity contribution < 1.29 is 9.53 Å². The second kappa shape index (κ2) is 7.61. The highest BCUT2D eigenvalue weighted by molar-refractivity contribution is 7.14. The number of nitrogens with one attached hydrogen (secondary N) is 2. The molecule has 1 aliphatic rings. The van der Waals surface area contributed by atoms with E-state index in [-0.39, 0.29) is 18.2 Å². The van der Waals surface area contributed by atoms with E-state index in [1.165, 1.54) is 23.7 Å². The number of nitrogens with zero attached hydrogens (tertiary/aromatic N) is 2. The molecule has 1 aliphatic carbocycles. The Balaban J connectivity index is 1.41. The zero-order valence-electron chi connectivity index (χ0n) is 12.4. The maximum Gasteiger partial charge on any atom is 0.320 e. The van der Waals surface area contributed by atoms with Crippen LogP contribution in [0, 0.1) is 0 Å². The lowest BCUT2D eigenvalue weighted by Gasteiger charge is -2.28. The van der Waals surface area contributed by atoms with Crippen LogP contribution in [0.3, 0.4) is 0 Å². The molecule has 8 heteroatoms. The highest BCUT2D eigenvalue weighted by atomic mass is 35.5. The van der Waals surface area contributed by atoms with Crippen LogP contribution in [0.25, 0.3) is 0 Å². The first-order chi connectivity index (χ1) is 11.2. The normalized spacial score (nSPS) is 20.7. The first-order valence-corrected chi connectivity index (χ1v) is 8.70. The third-order valence-electron chi connectivity index (χ3n) is 3.64. The molecule has 6 nitrogen and oxygen atoms in total. The van der Waals surface area contributed by atoms with Crippen molar-refractivity contribution in [1.29, 1.82) is 0 Å². The van der Waals surface area contributed by atoms with Crippen LogP contribution in [0.4, 0.5) is 9.80 Å². The van der Waals surface area contributed by atoms with Gasteiger partial charge >= 0.3 is 12.0 Å². The van der Waals surface area contributed by atoms with E-state index in [0.29, 0.717) is 11.0 Å². The van der Waals surface area contributed by atoms with Crippen molar-refractivity contribution in [2.45, 2.75) is 37.8 Å². The number of carbonyl (C=O) groups excluding carboxylic acids is 1. The molecule has 0 saturated heterocycles. The summed E-state index contributed by atoms with van der Waals surface area (Å²) in [6.45, 7) is 0. The summed E-state index contributed by atoms with van der Waals surface area (Å²) in [5, 5.41) is 9.09. The molecule has 2 aromatic rings. The molecule has 2 amide bonds. The quantitative estimate of drug-likeness (QED) is 0.879. The summed E-state index contributed by atoms with van der Waals surface area (Å²) in [5.41, 5.74) is 0. The summed E-state index contributed by atoms with van der Waals surface area (Å²) in [4.78, 5) is 20.0. The van der Waals surface area contributed by atoms with Crippen molar-refractivity contribution in [3.8, 4) is 6.01 Å². The lowest BCUT2D eigenvalue weighted by Crippen LogP contribution is -2.41. The van der Waals surface area contributed by atoms with Gasteiger partial charge in [-0.3, -0.25) is 5.32 Å². The Morgan fingerprint density at radius 2 is 2.00 bits per heavy atom. The number of amides is 2. The molecule has 0 unspecified atom stereocenters. The van der Waals surface area contributed by atoms with E-state index in [4.69, 9.17) is 16.3 Å². The third kappa shape index (κ3) is 4.80. The molecule has 0 aliphatic heterocycles. The third-order valence-corrected chi connectivity index (χ3v) is 4.62. The summed E-state index contributed by atoms with van der Waals surface area (Å²) in [5.74, 6) is 0. The van der Waals surface area contributed by atoms with Crippen LogP contribution in [-0.4, -0.2) is 28.1 Å². The molecule has 0 radical (unpaired) electrons. The predicted molar refractivity (Wildman–Crippen MR) is 90.2 cm³/mol. The molecule has 0 aromatic carbocycles. The number of urea groups is 1. The van der Waals surface area contributed by atoms with Crippen molar-refractivity contribution in [1.82, 2.24) is 15.3 Å². The molecule has 1 fully saturated rings. The standard InChI is InChI=1S/C15H17ClN4O2S/c16-10-8-17-15(18-9-10)22-12-5-3-11(4-6-12)19-14(21)20-13-2-1-7-23-13/h1-2,7-9,11-12H,3-6H2,(H2,19,20,21). The minimum atomic E-state index is -0.155. The second-order valence-corrected chi connectivity index (χ2v) is 6.74. The number of anilines is 1. The van der Waals surface area contributed by atoms with Crippen LogP contribution in [-0.2, 0) is 0 Å². The summed E-state index contributed by atoms with van der Waals surface area (Å²) in [6.07, 6.45) is 6.57. The average molecular weight is 353 g/mol. The van der Waals surface area contributed by atoms with E-state index >= 15 is 0 Å². The molecule has 3 rings (SSSR count). The Morgan fingerprint density at radius 1 is 1.26 bits per heavy atom. The summed E-state index contributed by atoms with van der Waals surface area (Å²) in [6, 6.07) is 4.14. The predicted octanol–water partition coefficient (Wildman–Crippen LogP) is 3.70. The number of hydrogen-bond acceptors (Lipinski definition) is 5. The molecule has 23 heavy (non-hydrogen) atoms. The molecule has 0 bridgehead atoms. The Hall–Kier alpha value is -1.86. The van der Waals surface area contributed by atoms with Gasteiger partial charge in [0.2, 0.25) is 0 Å². The number of carbonyl (C=O) groups is 1. The van der Waals surface area contributed by atoms with Gasteiger partial charge in [0.25, 0.3) is 0 Å². The zero-order valence-corrected chi connectivity index (χ0v) is 13.9. The molecule has 2 heterocycles. The van der Waals surface area contributed by atoms with E-state index in [2.05, 4.69) is 20.6 Å². The summed E-state index contributed by atoms with van der Waals surface area (Å²) >= 11 is 7.25. The molecular weight excluding hydrogens is 336 g/mol. The molecule has 0 atom stereocenters. The fourth-order valence-corrected chi connectivity index (χ4v) is 3.23. The topological polar surface area (TPSA) is 76.1 Å². The van der Waals surface area contributed by atoms with Crippen LogP contribution in [0.2, 0.25) is 5.02 Å². The van der Waals surface area contributed by atoms with E-state index in [0.717, 1.165) is 30.7 Å². The number of aromatic nitrogens is 2. The van der Waals surface area contributed by atoms with Gasteiger partial charge < -0.3 is 10.1 Å². The summed E-state index contributed by atoms with van der Waals surface area (Å²) < 4.78 is 5.74. The number of ether oxygens (including phenoxy) is 1. The van der Waals surface area contributed by atoms with Gasteiger partial charge in [0.05, 0.1) is 22.4 Å². The minimum absolute atomic E-state index is 0.0783. The average Bonchev–Trinajstić information content (AvgIpc) is 3.04. The monoisotopic (exact) mass is 352 g/mol. The van der Waals surface area contributed by atoms with Gasteiger partial charge in [0, 0.05) is 6.04 Å². The first kappa shape index (κ1) is 16.0. The highest BCUT2D eigenvalue weighted by Gasteiger charge is 2.24. The van der Waals surface area contributed by atoms with Gasteiger partial charge in [-0.05, 0) is 43.2 Å². The molecule has 0 spiro atoms. The Morgan fingerprint density at radius 3 is 2.65 bits per heavy atom. The molecular formula is C15H17ClN4O2S. The van der Waals surface area contributed by atoms with Crippen molar-refractivity contribution >= 4 is 34.0 Å². The van der Waals surface area contributed by atoms with Gasteiger partial charge in [-0.25, -0.2) is 14.8 Å².